The molecule has 1 atom stereocenters. The number of anilines is 1. The lowest BCUT2D eigenvalue weighted by Crippen LogP contribution is -2.56. The molecule has 21 heavy (non-hydrogen) atoms. The number of nitrogens with zero attached hydrogens (tertiary/aromatic N) is 3. The van der Waals surface area contributed by atoms with Crippen LogP contribution in [-0.2, 0) is 16.1 Å². The van der Waals surface area contributed by atoms with Crippen molar-refractivity contribution in [2.24, 2.45) is 0 Å². The van der Waals surface area contributed by atoms with Gasteiger partial charge in [-0.05, 0) is 19.3 Å². The van der Waals surface area contributed by atoms with Gasteiger partial charge in [0.1, 0.15) is 12.6 Å². The smallest absolute Gasteiger partial charge is 0.246 e. The van der Waals surface area contributed by atoms with Crippen LogP contribution in [0, 0.1) is 0 Å². The van der Waals surface area contributed by atoms with E-state index in [9.17, 15) is 9.59 Å². The van der Waals surface area contributed by atoms with Crippen molar-refractivity contribution in [2.75, 3.05) is 25.0 Å². The molecule has 3 heterocycles. The van der Waals surface area contributed by atoms with Gasteiger partial charge in [-0.1, -0.05) is 6.92 Å². The van der Waals surface area contributed by atoms with Crippen LogP contribution < -0.4 is 5.32 Å². The summed E-state index contributed by atoms with van der Waals surface area (Å²) in [6, 6.07) is -0.225. The molecule has 6 nitrogen and oxygen atoms in total. The molecule has 2 saturated heterocycles. The van der Waals surface area contributed by atoms with Crippen molar-refractivity contribution in [3.63, 3.8) is 0 Å². The first-order chi connectivity index (χ1) is 10.2. The van der Waals surface area contributed by atoms with E-state index in [1.54, 1.807) is 27.3 Å². The maximum absolute atomic E-state index is 12.4. The number of carbonyl (C=O) groups excluding carboxylic acids is 2. The zero-order valence-electron chi connectivity index (χ0n) is 12.2. The highest BCUT2D eigenvalue weighted by Crippen LogP contribution is 2.26. The van der Waals surface area contributed by atoms with Crippen molar-refractivity contribution in [3.8, 4) is 0 Å². The van der Waals surface area contributed by atoms with Gasteiger partial charge in [-0.2, -0.15) is 0 Å². The number of aromatic nitrogens is 1. The van der Waals surface area contributed by atoms with Gasteiger partial charge in [0.15, 0.2) is 5.13 Å². The zero-order valence-corrected chi connectivity index (χ0v) is 13.0. The number of hydrogen-bond acceptors (Lipinski definition) is 5. The average molecular weight is 308 g/mol. The second-order valence-electron chi connectivity index (χ2n) is 5.50. The number of rotatable bonds is 5. The fourth-order valence-corrected chi connectivity index (χ4v) is 3.73. The number of piperazine rings is 1. The Bertz CT molecular complexity index is 545. The molecule has 3 rings (SSSR count). The molecule has 1 aromatic rings. The number of carbonyl (C=O) groups is 2. The third kappa shape index (κ3) is 2.88. The van der Waals surface area contributed by atoms with Gasteiger partial charge in [0.2, 0.25) is 11.8 Å². The molecule has 0 radical (unpaired) electrons. The van der Waals surface area contributed by atoms with E-state index in [0.29, 0.717) is 6.54 Å². The minimum Gasteiger partial charge on any atom is -0.362 e. The van der Waals surface area contributed by atoms with Gasteiger partial charge in [0.05, 0.1) is 6.54 Å². The molecular formula is C14H20N4O2S. The van der Waals surface area contributed by atoms with Gasteiger partial charge in [-0.25, -0.2) is 4.98 Å². The minimum absolute atomic E-state index is 0.0750. The molecule has 2 aliphatic rings. The second-order valence-corrected chi connectivity index (χ2v) is 6.61. The molecule has 0 bridgehead atoms. The van der Waals surface area contributed by atoms with E-state index in [4.69, 9.17) is 0 Å². The molecule has 114 valence electrons. The highest BCUT2D eigenvalue weighted by Gasteiger charge is 2.41. The lowest BCUT2D eigenvalue weighted by atomic mass is 10.1. The summed E-state index contributed by atoms with van der Waals surface area (Å²) in [6.07, 6.45) is 4.57. The summed E-state index contributed by atoms with van der Waals surface area (Å²) < 4.78 is 0. The highest BCUT2D eigenvalue weighted by atomic mass is 32.1. The van der Waals surface area contributed by atoms with Gasteiger partial charge in [-0.15, -0.1) is 11.3 Å². The number of nitrogens with one attached hydrogen (secondary N) is 1. The Hall–Kier alpha value is -1.63. The Balaban J connectivity index is 1.65. The number of hydrogen-bond donors (Lipinski definition) is 1. The standard InChI is InChI=1S/C14H20N4O2S/c1-2-5-15-14-16-7-10(21-14)8-17-9-12(19)18-6-3-4-11(18)13(17)20/h7,11H,2-6,8-9H2,1H3,(H,15,16). The molecule has 1 unspecified atom stereocenters. The van der Waals surface area contributed by atoms with Gasteiger partial charge < -0.3 is 15.1 Å². The first kappa shape index (κ1) is 14.3. The van der Waals surface area contributed by atoms with Crippen LogP contribution >= 0.6 is 11.3 Å². The van der Waals surface area contributed by atoms with Crippen molar-refractivity contribution in [3.05, 3.63) is 11.1 Å². The maximum atomic E-state index is 12.4. The number of amides is 2. The van der Waals surface area contributed by atoms with E-state index in [-0.39, 0.29) is 24.4 Å². The summed E-state index contributed by atoms with van der Waals surface area (Å²) in [6.45, 7) is 4.41. The molecule has 2 aliphatic heterocycles. The van der Waals surface area contributed by atoms with E-state index in [2.05, 4.69) is 17.2 Å². The van der Waals surface area contributed by atoms with Crippen molar-refractivity contribution >= 4 is 28.3 Å². The van der Waals surface area contributed by atoms with E-state index in [1.165, 1.54) is 0 Å². The molecule has 0 aliphatic carbocycles. The molecule has 1 aromatic heterocycles. The fraction of sp³-hybridized carbons (Fsp3) is 0.643. The number of fused-ring (bicyclic) bond motifs is 1. The third-order valence-corrected chi connectivity index (χ3v) is 4.86. The monoisotopic (exact) mass is 308 g/mol. The van der Waals surface area contributed by atoms with E-state index in [1.807, 2.05) is 0 Å². The van der Waals surface area contributed by atoms with Crippen LogP contribution in [-0.4, -0.2) is 52.3 Å². The van der Waals surface area contributed by atoms with E-state index in [0.717, 1.165) is 42.4 Å². The van der Waals surface area contributed by atoms with Gasteiger partial charge in [0, 0.05) is 24.2 Å². The molecular weight excluding hydrogens is 288 g/mol. The Kier molecular flexibility index (Phi) is 4.10. The summed E-state index contributed by atoms with van der Waals surface area (Å²) >= 11 is 1.55. The van der Waals surface area contributed by atoms with E-state index < -0.39 is 0 Å². The first-order valence-corrected chi connectivity index (χ1v) is 8.27. The second kappa shape index (κ2) is 6.01. The van der Waals surface area contributed by atoms with Crippen molar-refractivity contribution in [1.29, 1.82) is 0 Å². The van der Waals surface area contributed by atoms with Crippen molar-refractivity contribution in [2.45, 2.75) is 38.8 Å². The van der Waals surface area contributed by atoms with Crippen LogP contribution in [0.2, 0.25) is 0 Å². The molecule has 2 amide bonds. The maximum Gasteiger partial charge on any atom is 0.246 e. The van der Waals surface area contributed by atoms with Crippen LogP contribution in [0.4, 0.5) is 5.13 Å². The van der Waals surface area contributed by atoms with Gasteiger partial charge in [0.25, 0.3) is 0 Å². The normalized spacial score (nSPS) is 21.9. The summed E-state index contributed by atoms with van der Waals surface area (Å²) in [5.74, 6) is 0.162. The first-order valence-electron chi connectivity index (χ1n) is 7.46. The predicted molar refractivity (Wildman–Crippen MR) is 81.0 cm³/mol. The molecule has 7 heteroatoms. The van der Waals surface area contributed by atoms with Crippen molar-refractivity contribution < 1.29 is 9.59 Å². The topological polar surface area (TPSA) is 65.5 Å². The lowest BCUT2D eigenvalue weighted by molar-refractivity contribution is -0.154. The molecule has 0 aromatic carbocycles. The Labute approximate surface area is 128 Å². The summed E-state index contributed by atoms with van der Waals surface area (Å²) in [4.78, 5) is 33.2. The molecule has 1 N–H and O–H groups in total. The average Bonchev–Trinajstić information content (AvgIpc) is 3.11. The van der Waals surface area contributed by atoms with Crippen LogP contribution in [0.1, 0.15) is 31.1 Å². The summed E-state index contributed by atoms with van der Waals surface area (Å²) in [5.41, 5.74) is 0. The fourth-order valence-electron chi connectivity index (χ4n) is 2.88. The van der Waals surface area contributed by atoms with Gasteiger partial charge in [-0.3, -0.25) is 9.59 Å². The molecule has 2 fully saturated rings. The molecule has 0 spiro atoms. The Morgan fingerprint density at radius 3 is 3.14 bits per heavy atom. The summed E-state index contributed by atoms with van der Waals surface area (Å²) in [7, 11) is 0. The van der Waals surface area contributed by atoms with Crippen LogP contribution in [0.5, 0.6) is 0 Å². The largest absolute Gasteiger partial charge is 0.362 e. The SMILES string of the molecule is CCCNc1ncc(CN2CC(=O)N3CCCC3C2=O)s1. The summed E-state index contributed by atoms with van der Waals surface area (Å²) in [5, 5.41) is 4.12. The minimum atomic E-state index is -0.225. The van der Waals surface area contributed by atoms with Crippen molar-refractivity contribution in [1.82, 2.24) is 14.8 Å². The predicted octanol–water partition coefficient (Wildman–Crippen LogP) is 1.30. The zero-order chi connectivity index (χ0) is 14.8. The third-order valence-electron chi connectivity index (χ3n) is 3.92. The van der Waals surface area contributed by atoms with Crippen LogP contribution in [0.15, 0.2) is 6.20 Å². The lowest BCUT2D eigenvalue weighted by Gasteiger charge is -2.36. The Morgan fingerprint density at radius 2 is 2.33 bits per heavy atom. The highest BCUT2D eigenvalue weighted by molar-refractivity contribution is 7.15. The van der Waals surface area contributed by atoms with E-state index >= 15 is 0 Å². The Morgan fingerprint density at radius 1 is 1.48 bits per heavy atom. The van der Waals surface area contributed by atoms with Crippen LogP contribution in [0.25, 0.3) is 0 Å². The van der Waals surface area contributed by atoms with Crippen LogP contribution in [0.3, 0.4) is 0 Å². The molecule has 0 saturated carbocycles. The quantitative estimate of drug-likeness (QED) is 0.890. The van der Waals surface area contributed by atoms with Gasteiger partial charge >= 0.3 is 0 Å². The number of thiazole rings is 1.